The van der Waals surface area contributed by atoms with Crippen molar-refractivity contribution in [2.45, 2.75) is 19.9 Å². The van der Waals surface area contributed by atoms with Crippen molar-refractivity contribution < 1.29 is 9.90 Å². The van der Waals surface area contributed by atoms with Crippen LogP contribution < -0.4 is 0 Å². The van der Waals surface area contributed by atoms with Gasteiger partial charge in [-0.3, -0.25) is 4.79 Å². The van der Waals surface area contributed by atoms with Crippen molar-refractivity contribution in [3.63, 3.8) is 0 Å². The summed E-state index contributed by atoms with van der Waals surface area (Å²) in [6, 6.07) is 3.07. The van der Waals surface area contributed by atoms with Gasteiger partial charge in [0.2, 0.25) is 0 Å². The van der Waals surface area contributed by atoms with Crippen LogP contribution in [0.15, 0.2) is 31.0 Å². The Balaban J connectivity index is 2.99. The monoisotopic (exact) mass is 220 g/mol. The quantitative estimate of drug-likeness (QED) is 0.787. The molecule has 0 aliphatic heterocycles. The average molecular weight is 220 g/mol. The van der Waals surface area contributed by atoms with Gasteiger partial charge in [-0.15, -0.1) is 6.58 Å². The summed E-state index contributed by atoms with van der Waals surface area (Å²) in [4.78, 5) is 17.5. The maximum Gasteiger partial charge on any atom is 0.276 e. The molecule has 4 heteroatoms. The summed E-state index contributed by atoms with van der Waals surface area (Å²) < 4.78 is 0. The van der Waals surface area contributed by atoms with Crippen LogP contribution in [0.2, 0.25) is 0 Å². The number of rotatable bonds is 4. The maximum atomic E-state index is 12.1. The van der Waals surface area contributed by atoms with E-state index in [1.54, 1.807) is 17.0 Å². The Morgan fingerprint density at radius 3 is 2.88 bits per heavy atom. The molecule has 1 amide bonds. The molecular weight excluding hydrogens is 204 g/mol. The van der Waals surface area contributed by atoms with Crippen LogP contribution in [0, 0.1) is 0 Å². The maximum absolute atomic E-state index is 12.1. The Morgan fingerprint density at radius 1 is 1.69 bits per heavy atom. The Bertz CT molecular complexity index is 388. The number of nitrogens with zero attached hydrogens (tertiary/aromatic N) is 2. The molecule has 0 aliphatic carbocycles. The molecule has 0 saturated heterocycles. The fourth-order valence-corrected chi connectivity index (χ4v) is 1.36. The third kappa shape index (κ3) is 2.59. The van der Waals surface area contributed by atoms with E-state index < -0.39 is 0 Å². The van der Waals surface area contributed by atoms with Crippen LogP contribution in [0.3, 0.4) is 0 Å². The molecule has 16 heavy (non-hydrogen) atoms. The number of amides is 1. The molecule has 1 heterocycles. The third-order valence-electron chi connectivity index (χ3n) is 2.20. The summed E-state index contributed by atoms with van der Waals surface area (Å²) >= 11 is 0. The summed E-state index contributed by atoms with van der Waals surface area (Å²) in [6.45, 7) is 7.85. The van der Waals surface area contributed by atoms with Gasteiger partial charge in [-0.2, -0.15) is 0 Å². The van der Waals surface area contributed by atoms with Crippen molar-refractivity contribution in [2.24, 2.45) is 0 Å². The second-order valence-corrected chi connectivity index (χ2v) is 3.71. The molecule has 0 fully saturated rings. The highest BCUT2D eigenvalue weighted by molar-refractivity contribution is 5.95. The van der Waals surface area contributed by atoms with E-state index in [-0.39, 0.29) is 23.4 Å². The first-order valence-electron chi connectivity index (χ1n) is 5.13. The van der Waals surface area contributed by atoms with Gasteiger partial charge < -0.3 is 10.0 Å². The van der Waals surface area contributed by atoms with Gasteiger partial charge in [0.1, 0.15) is 5.75 Å². The van der Waals surface area contributed by atoms with E-state index in [1.807, 2.05) is 13.8 Å². The van der Waals surface area contributed by atoms with Gasteiger partial charge >= 0.3 is 0 Å². The number of carbonyl (C=O) groups excluding carboxylic acids is 1. The fraction of sp³-hybridized carbons (Fsp3) is 0.333. The number of aromatic hydroxyl groups is 1. The lowest BCUT2D eigenvalue weighted by molar-refractivity contribution is 0.0719. The van der Waals surface area contributed by atoms with Gasteiger partial charge in [-0.05, 0) is 26.0 Å². The molecule has 0 aromatic carbocycles. The molecule has 4 nitrogen and oxygen atoms in total. The van der Waals surface area contributed by atoms with Gasteiger partial charge in [0, 0.05) is 18.8 Å². The third-order valence-corrected chi connectivity index (χ3v) is 2.20. The van der Waals surface area contributed by atoms with Crippen LogP contribution in [0.5, 0.6) is 5.75 Å². The highest BCUT2D eigenvalue weighted by Crippen LogP contribution is 2.16. The average Bonchev–Trinajstić information content (AvgIpc) is 2.25. The van der Waals surface area contributed by atoms with E-state index in [2.05, 4.69) is 11.6 Å². The van der Waals surface area contributed by atoms with E-state index >= 15 is 0 Å². The number of pyridine rings is 1. The molecule has 0 atom stereocenters. The van der Waals surface area contributed by atoms with Crippen molar-refractivity contribution >= 4 is 5.91 Å². The van der Waals surface area contributed by atoms with E-state index in [4.69, 9.17) is 0 Å². The normalized spacial score (nSPS) is 10.2. The first-order valence-corrected chi connectivity index (χ1v) is 5.13. The van der Waals surface area contributed by atoms with E-state index in [0.29, 0.717) is 6.54 Å². The van der Waals surface area contributed by atoms with Crippen LogP contribution in [0.25, 0.3) is 0 Å². The lowest BCUT2D eigenvalue weighted by atomic mass is 10.2. The number of carbonyl (C=O) groups is 1. The highest BCUT2D eigenvalue weighted by Gasteiger charge is 2.21. The molecule has 0 radical (unpaired) electrons. The molecule has 0 saturated carbocycles. The second kappa shape index (κ2) is 5.30. The molecule has 0 bridgehead atoms. The molecule has 1 N–H and O–H groups in total. The first kappa shape index (κ1) is 12.2. The van der Waals surface area contributed by atoms with Crippen molar-refractivity contribution in [3.8, 4) is 5.75 Å². The summed E-state index contributed by atoms with van der Waals surface area (Å²) in [6.07, 6.45) is 3.14. The van der Waals surface area contributed by atoms with Gasteiger partial charge in [0.25, 0.3) is 5.91 Å². The Kier molecular flexibility index (Phi) is 4.05. The highest BCUT2D eigenvalue weighted by atomic mass is 16.3. The molecular formula is C12H16N2O2. The van der Waals surface area contributed by atoms with E-state index in [1.165, 1.54) is 12.3 Å². The molecule has 1 aromatic rings. The molecule has 1 rings (SSSR count). The fourth-order valence-electron chi connectivity index (χ4n) is 1.36. The Labute approximate surface area is 95.2 Å². The van der Waals surface area contributed by atoms with Gasteiger partial charge in [-0.25, -0.2) is 4.98 Å². The lowest BCUT2D eigenvalue weighted by Gasteiger charge is -2.25. The number of hydrogen-bond acceptors (Lipinski definition) is 3. The zero-order valence-corrected chi connectivity index (χ0v) is 9.55. The first-order chi connectivity index (χ1) is 7.57. The van der Waals surface area contributed by atoms with Crippen LogP contribution >= 0.6 is 0 Å². The van der Waals surface area contributed by atoms with Crippen LogP contribution in [-0.4, -0.2) is 33.5 Å². The molecule has 0 aliphatic rings. The minimum absolute atomic E-state index is 0.0342. The predicted octanol–water partition coefficient (Wildman–Crippen LogP) is 1.82. The molecule has 0 unspecified atom stereocenters. The summed E-state index contributed by atoms with van der Waals surface area (Å²) in [5, 5.41) is 9.54. The molecule has 0 spiro atoms. The predicted molar refractivity (Wildman–Crippen MR) is 62.3 cm³/mol. The molecule has 1 aromatic heterocycles. The minimum Gasteiger partial charge on any atom is -0.505 e. The summed E-state index contributed by atoms with van der Waals surface area (Å²) in [7, 11) is 0. The largest absolute Gasteiger partial charge is 0.505 e. The van der Waals surface area contributed by atoms with Gasteiger partial charge in [0.15, 0.2) is 5.69 Å². The minimum atomic E-state index is -0.284. The second-order valence-electron chi connectivity index (χ2n) is 3.71. The summed E-state index contributed by atoms with van der Waals surface area (Å²) in [5.74, 6) is -0.379. The SMILES string of the molecule is C=CCN(C(=O)c1ncccc1O)C(C)C. The Morgan fingerprint density at radius 2 is 2.38 bits per heavy atom. The van der Waals surface area contributed by atoms with Crippen LogP contribution in [0.4, 0.5) is 0 Å². The Hall–Kier alpha value is -1.84. The van der Waals surface area contributed by atoms with Crippen LogP contribution in [0.1, 0.15) is 24.3 Å². The van der Waals surface area contributed by atoms with E-state index in [9.17, 15) is 9.90 Å². The van der Waals surface area contributed by atoms with Crippen LogP contribution in [-0.2, 0) is 0 Å². The number of aromatic nitrogens is 1. The van der Waals surface area contributed by atoms with Gasteiger partial charge in [0.05, 0.1) is 0 Å². The molecule has 86 valence electrons. The topological polar surface area (TPSA) is 53.4 Å². The van der Waals surface area contributed by atoms with Crippen molar-refractivity contribution in [3.05, 3.63) is 36.7 Å². The number of hydrogen-bond donors (Lipinski definition) is 1. The van der Waals surface area contributed by atoms with Crippen molar-refractivity contribution in [1.29, 1.82) is 0 Å². The van der Waals surface area contributed by atoms with Crippen molar-refractivity contribution in [1.82, 2.24) is 9.88 Å². The van der Waals surface area contributed by atoms with Gasteiger partial charge in [-0.1, -0.05) is 6.08 Å². The van der Waals surface area contributed by atoms with Crippen molar-refractivity contribution in [2.75, 3.05) is 6.54 Å². The zero-order valence-electron chi connectivity index (χ0n) is 9.55. The summed E-state index contributed by atoms with van der Waals surface area (Å²) in [5.41, 5.74) is 0.0815. The standard InChI is InChI=1S/C12H16N2O2/c1-4-8-14(9(2)3)12(16)11-10(15)6-5-7-13-11/h4-7,9,15H,1,8H2,2-3H3. The lowest BCUT2D eigenvalue weighted by Crippen LogP contribution is -2.37. The smallest absolute Gasteiger partial charge is 0.276 e. The van der Waals surface area contributed by atoms with E-state index in [0.717, 1.165) is 0 Å². The zero-order chi connectivity index (χ0) is 12.1.